The van der Waals surface area contributed by atoms with E-state index in [4.69, 9.17) is 9.47 Å². The van der Waals surface area contributed by atoms with Crippen molar-refractivity contribution in [3.63, 3.8) is 0 Å². The van der Waals surface area contributed by atoms with E-state index in [2.05, 4.69) is 12.2 Å². The van der Waals surface area contributed by atoms with Crippen molar-refractivity contribution in [1.82, 2.24) is 0 Å². The van der Waals surface area contributed by atoms with Crippen LogP contribution in [0.1, 0.15) is 46.6 Å². The molecule has 2 heterocycles. The second-order valence-corrected chi connectivity index (χ2v) is 8.68. The lowest BCUT2D eigenvalue weighted by Gasteiger charge is -2.18. The Hall–Kier alpha value is -2.19. The number of amides is 1. The first-order valence-corrected chi connectivity index (χ1v) is 11.0. The van der Waals surface area contributed by atoms with Crippen molar-refractivity contribution >= 4 is 45.5 Å². The summed E-state index contributed by atoms with van der Waals surface area (Å²) in [5.41, 5.74) is 2.29. The maximum absolute atomic E-state index is 12.5. The number of ether oxygens (including phenoxy) is 2. The van der Waals surface area contributed by atoms with E-state index in [1.54, 1.807) is 6.92 Å². The lowest BCUT2D eigenvalue weighted by molar-refractivity contribution is -0.146. The van der Waals surface area contributed by atoms with Gasteiger partial charge in [0.05, 0.1) is 18.6 Å². The van der Waals surface area contributed by atoms with E-state index in [-0.39, 0.29) is 19.6 Å². The third-order valence-electron chi connectivity index (χ3n) is 4.54. The van der Waals surface area contributed by atoms with Gasteiger partial charge in [-0.15, -0.1) is 11.3 Å². The molecule has 0 fully saturated rings. The fourth-order valence-electron chi connectivity index (χ4n) is 3.18. The smallest absolute Gasteiger partial charge is 0.341 e. The standard InChI is InChI=1S/C20H23NO5S2/c1-3-25-20(24)18-14-5-4-12(2)8-15(14)28-19(18)21-16(22)10-26-17(23)9-13-6-7-27-11-13/h6-7,11-12H,3-5,8-10H2,1-2H3,(H,21,22). The Balaban J connectivity index is 1.66. The minimum Gasteiger partial charge on any atom is -0.462 e. The number of rotatable bonds is 7. The first-order chi connectivity index (χ1) is 13.5. The van der Waals surface area contributed by atoms with Crippen molar-refractivity contribution in [2.24, 2.45) is 5.92 Å². The van der Waals surface area contributed by atoms with E-state index >= 15 is 0 Å². The minimum absolute atomic E-state index is 0.135. The van der Waals surface area contributed by atoms with Crippen LogP contribution < -0.4 is 5.32 Å². The van der Waals surface area contributed by atoms with Crippen LogP contribution in [0.25, 0.3) is 0 Å². The van der Waals surface area contributed by atoms with Gasteiger partial charge in [-0.05, 0) is 60.1 Å². The fraction of sp³-hybridized carbons (Fsp3) is 0.450. The predicted molar refractivity (Wildman–Crippen MR) is 109 cm³/mol. The fourth-order valence-corrected chi connectivity index (χ4v) is 5.26. The highest BCUT2D eigenvalue weighted by Gasteiger charge is 2.29. The highest BCUT2D eigenvalue weighted by Crippen LogP contribution is 2.40. The third-order valence-corrected chi connectivity index (χ3v) is 6.44. The van der Waals surface area contributed by atoms with Gasteiger partial charge < -0.3 is 14.8 Å². The molecule has 2 aromatic heterocycles. The molecule has 3 rings (SSSR count). The van der Waals surface area contributed by atoms with Gasteiger partial charge in [0.25, 0.3) is 5.91 Å². The zero-order chi connectivity index (χ0) is 20.1. The summed E-state index contributed by atoms with van der Waals surface area (Å²) in [5, 5.41) is 6.97. The van der Waals surface area contributed by atoms with E-state index < -0.39 is 17.8 Å². The van der Waals surface area contributed by atoms with Crippen LogP contribution in [-0.2, 0) is 38.3 Å². The highest BCUT2D eigenvalue weighted by molar-refractivity contribution is 7.17. The molecule has 8 heteroatoms. The summed E-state index contributed by atoms with van der Waals surface area (Å²) in [4.78, 5) is 37.7. The van der Waals surface area contributed by atoms with Gasteiger partial charge >= 0.3 is 11.9 Å². The van der Waals surface area contributed by atoms with Crippen LogP contribution in [0, 0.1) is 5.92 Å². The Morgan fingerprint density at radius 1 is 1.29 bits per heavy atom. The average Bonchev–Trinajstić information content (AvgIpc) is 3.27. The second-order valence-electron chi connectivity index (χ2n) is 6.79. The molecule has 0 spiro atoms. The van der Waals surface area contributed by atoms with E-state index in [9.17, 15) is 14.4 Å². The van der Waals surface area contributed by atoms with Crippen LogP contribution in [0.3, 0.4) is 0 Å². The number of carbonyl (C=O) groups excluding carboxylic acids is 3. The van der Waals surface area contributed by atoms with Crippen molar-refractivity contribution in [1.29, 1.82) is 0 Å². The second kappa shape index (κ2) is 9.34. The van der Waals surface area contributed by atoms with E-state index in [0.29, 0.717) is 16.5 Å². The number of hydrogen-bond acceptors (Lipinski definition) is 7. The zero-order valence-corrected chi connectivity index (χ0v) is 17.5. The maximum Gasteiger partial charge on any atom is 0.341 e. The number of thiophene rings is 2. The summed E-state index contributed by atoms with van der Waals surface area (Å²) < 4.78 is 10.2. The molecule has 0 aromatic carbocycles. The van der Waals surface area contributed by atoms with Crippen LogP contribution >= 0.6 is 22.7 Å². The van der Waals surface area contributed by atoms with Crippen LogP contribution in [0.15, 0.2) is 16.8 Å². The number of fused-ring (bicyclic) bond motifs is 1. The first kappa shape index (κ1) is 20.5. The molecule has 6 nitrogen and oxygen atoms in total. The molecule has 0 aliphatic heterocycles. The largest absolute Gasteiger partial charge is 0.462 e. The Bertz CT molecular complexity index is 856. The van der Waals surface area contributed by atoms with Gasteiger partial charge in [-0.25, -0.2) is 4.79 Å². The molecule has 1 unspecified atom stereocenters. The van der Waals surface area contributed by atoms with Crippen molar-refractivity contribution in [2.45, 2.75) is 39.5 Å². The molecule has 0 saturated heterocycles. The summed E-state index contributed by atoms with van der Waals surface area (Å²) in [6, 6.07) is 1.84. The number of carbonyl (C=O) groups is 3. The summed E-state index contributed by atoms with van der Waals surface area (Å²) in [7, 11) is 0. The van der Waals surface area contributed by atoms with Crippen LogP contribution in [0.4, 0.5) is 5.00 Å². The molecule has 1 N–H and O–H groups in total. The van der Waals surface area contributed by atoms with Crippen LogP contribution in [-0.4, -0.2) is 31.1 Å². The minimum atomic E-state index is -0.462. The van der Waals surface area contributed by atoms with Crippen molar-refractivity contribution in [2.75, 3.05) is 18.5 Å². The van der Waals surface area contributed by atoms with Gasteiger partial charge in [-0.3, -0.25) is 9.59 Å². The molecule has 1 amide bonds. The molecule has 1 aliphatic carbocycles. The van der Waals surface area contributed by atoms with Gasteiger partial charge in [0.2, 0.25) is 0 Å². The SMILES string of the molecule is CCOC(=O)c1c(NC(=O)COC(=O)Cc2ccsc2)sc2c1CCC(C)C2. The van der Waals surface area contributed by atoms with Gasteiger partial charge in [-0.1, -0.05) is 6.92 Å². The number of hydrogen-bond donors (Lipinski definition) is 1. The van der Waals surface area contributed by atoms with E-state index in [0.717, 1.165) is 35.3 Å². The average molecular weight is 422 g/mol. The molecule has 2 aromatic rings. The number of esters is 2. The molecule has 1 aliphatic rings. The lowest BCUT2D eigenvalue weighted by Crippen LogP contribution is -2.22. The predicted octanol–water partition coefficient (Wildman–Crippen LogP) is 3.84. The summed E-state index contributed by atoms with van der Waals surface area (Å²) in [6.07, 6.45) is 2.82. The monoisotopic (exact) mass is 421 g/mol. The Morgan fingerprint density at radius 3 is 2.82 bits per heavy atom. The first-order valence-electron chi connectivity index (χ1n) is 9.26. The molecule has 28 heavy (non-hydrogen) atoms. The molecule has 150 valence electrons. The van der Waals surface area contributed by atoms with Gasteiger partial charge in [0, 0.05) is 4.88 Å². The summed E-state index contributed by atoms with van der Waals surface area (Å²) in [5.74, 6) is -0.795. The molecule has 0 radical (unpaired) electrons. The summed E-state index contributed by atoms with van der Waals surface area (Å²) in [6.45, 7) is 3.82. The van der Waals surface area contributed by atoms with Gasteiger partial charge in [0.15, 0.2) is 6.61 Å². The molecular weight excluding hydrogens is 398 g/mol. The lowest BCUT2D eigenvalue weighted by atomic mass is 9.88. The Kier molecular flexibility index (Phi) is 6.85. The summed E-state index contributed by atoms with van der Waals surface area (Å²) >= 11 is 2.91. The maximum atomic E-state index is 12.5. The van der Waals surface area contributed by atoms with Crippen molar-refractivity contribution in [3.05, 3.63) is 38.4 Å². The van der Waals surface area contributed by atoms with E-state index in [1.165, 1.54) is 22.7 Å². The Labute approximate surface area is 171 Å². The van der Waals surface area contributed by atoms with Crippen LogP contribution in [0.5, 0.6) is 0 Å². The third kappa shape index (κ3) is 4.99. The molecule has 1 atom stereocenters. The van der Waals surface area contributed by atoms with Gasteiger partial charge in [-0.2, -0.15) is 11.3 Å². The molecular formula is C20H23NO5S2. The normalized spacial score (nSPS) is 15.6. The highest BCUT2D eigenvalue weighted by atomic mass is 32.1. The number of anilines is 1. The Morgan fingerprint density at radius 2 is 2.11 bits per heavy atom. The quantitative estimate of drug-likeness (QED) is 0.687. The van der Waals surface area contributed by atoms with Gasteiger partial charge in [0.1, 0.15) is 5.00 Å². The topological polar surface area (TPSA) is 81.7 Å². The van der Waals surface area contributed by atoms with Crippen molar-refractivity contribution in [3.8, 4) is 0 Å². The van der Waals surface area contributed by atoms with Crippen molar-refractivity contribution < 1.29 is 23.9 Å². The zero-order valence-electron chi connectivity index (χ0n) is 15.9. The molecule has 0 saturated carbocycles. The van der Waals surface area contributed by atoms with E-state index in [1.807, 2.05) is 16.8 Å². The molecule has 0 bridgehead atoms. The number of nitrogens with one attached hydrogen (secondary N) is 1. The van der Waals surface area contributed by atoms with Crippen LogP contribution in [0.2, 0.25) is 0 Å².